The highest BCUT2D eigenvalue weighted by atomic mass is 35.5. The van der Waals surface area contributed by atoms with Gasteiger partial charge in [0.1, 0.15) is 5.82 Å². The van der Waals surface area contributed by atoms with Gasteiger partial charge in [-0.3, -0.25) is 4.57 Å². The largest absolute Gasteiger partial charge is 0.295 e. The van der Waals surface area contributed by atoms with Crippen molar-refractivity contribution in [2.45, 2.75) is 32.6 Å². The van der Waals surface area contributed by atoms with E-state index in [-0.39, 0.29) is 0 Å². The first kappa shape index (κ1) is 14.2. The number of aromatic nitrogens is 2. The van der Waals surface area contributed by atoms with Crippen molar-refractivity contribution in [3.63, 3.8) is 0 Å². The fourth-order valence-electron chi connectivity index (χ4n) is 2.69. The van der Waals surface area contributed by atoms with Gasteiger partial charge in [-0.15, -0.1) is 11.6 Å². The summed E-state index contributed by atoms with van der Waals surface area (Å²) in [7, 11) is 0. The second kappa shape index (κ2) is 5.53. The van der Waals surface area contributed by atoms with Gasteiger partial charge >= 0.3 is 0 Å². The molecule has 2 aromatic carbocycles. The number of hydrogen-bond acceptors (Lipinski definition) is 1. The van der Waals surface area contributed by atoms with Gasteiger partial charge in [-0.25, -0.2) is 4.98 Å². The molecule has 3 heteroatoms. The van der Waals surface area contributed by atoms with E-state index < -0.39 is 0 Å². The molecule has 3 rings (SSSR count). The van der Waals surface area contributed by atoms with Gasteiger partial charge in [-0.2, -0.15) is 0 Å². The van der Waals surface area contributed by atoms with Crippen LogP contribution in [0.4, 0.5) is 0 Å². The van der Waals surface area contributed by atoms with Crippen LogP contribution < -0.4 is 0 Å². The monoisotopic (exact) mass is 298 g/mol. The number of alkyl halides is 1. The zero-order valence-electron chi connectivity index (χ0n) is 12.6. The molecule has 0 aliphatic heterocycles. The summed E-state index contributed by atoms with van der Waals surface area (Å²) in [5.74, 6) is 1.79. The van der Waals surface area contributed by atoms with Gasteiger partial charge in [-0.1, -0.05) is 38.1 Å². The number of para-hydroxylation sites is 1. The van der Waals surface area contributed by atoms with Crippen LogP contribution in [0.2, 0.25) is 0 Å². The number of imidazole rings is 1. The molecule has 0 atom stereocenters. The Morgan fingerprint density at radius 3 is 2.62 bits per heavy atom. The molecule has 108 valence electrons. The second-order valence-corrected chi connectivity index (χ2v) is 5.96. The van der Waals surface area contributed by atoms with E-state index in [1.165, 1.54) is 11.1 Å². The number of fused-ring (bicyclic) bond motifs is 1. The first-order valence-electron chi connectivity index (χ1n) is 7.25. The van der Waals surface area contributed by atoms with Crippen LogP contribution in [0.5, 0.6) is 0 Å². The summed E-state index contributed by atoms with van der Waals surface area (Å²) in [6.45, 7) is 6.50. The molecule has 21 heavy (non-hydrogen) atoms. The summed E-state index contributed by atoms with van der Waals surface area (Å²) >= 11 is 6.12. The Labute approximate surface area is 130 Å². The topological polar surface area (TPSA) is 17.8 Å². The van der Waals surface area contributed by atoms with E-state index in [0.29, 0.717) is 11.8 Å². The molecule has 0 aliphatic rings. The van der Waals surface area contributed by atoms with E-state index >= 15 is 0 Å². The Morgan fingerprint density at radius 2 is 1.90 bits per heavy atom. The fraction of sp³-hybridized carbons (Fsp3) is 0.278. The van der Waals surface area contributed by atoms with Crippen molar-refractivity contribution < 1.29 is 0 Å². The smallest absolute Gasteiger partial charge is 0.129 e. The summed E-state index contributed by atoms with van der Waals surface area (Å²) in [5.41, 5.74) is 5.78. The lowest BCUT2D eigenvalue weighted by Crippen LogP contribution is -2.00. The van der Waals surface area contributed by atoms with Crippen LogP contribution in [-0.4, -0.2) is 9.55 Å². The predicted molar refractivity (Wildman–Crippen MR) is 89.5 cm³/mol. The molecular formula is C18H19ClN2. The molecule has 0 fully saturated rings. The van der Waals surface area contributed by atoms with Crippen molar-refractivity contribution in [2.24, 2.45) is 0 Å². The SMILES string of the molecule is Cc1cccc2c1nc(CCl)n2-c1cccc(C(C)C)c1. The van der Waals surface area contributed by atoms with Crippen molar-refractivity contribution in [1.29, 1.82) is 0 Å². The zero-order chi connectivity index (χ0) is 15.0. The molecule has 0 saturated carbocycles. The predicted octanol–water partition coefficient (Wildman–Crippen LogP) is 5.20. The Kier molecular flexibility index (Phi) is 3.73. The first-order valence-corrected chi connectivity index (χ1v) is 7.78. The Balaban J connectivity index is 2.28. The third-order valence-corrected chi connectivity index (χ3v) is 4.11. The quantitative estimate of drug-likeness (QED) is 0.608. The number of rotatable bonds is 3. The summed E-state index contributed by atoms with van der Waals surface area (Å²) in [6.07, 6.45) is 0. The first-order chi connectivity index (χ1) is 10.1. The molecule has 1 heterocycles. The standard InChI is InChI=1S/C18H19ClN2/c1-12(2)14-7-5-8-15(10-14)21-16-9-4-6-13(3)18(16)20-17(21)11-19/h4-10,12H,11H2,1-3H3. The van der Waals surface area contributed by atoms with Gasteiger partial charge in [0.05, 0.1) is 16.9 Å². The lowest BCUT2D eigenvalue weighted by molar-refractivity contribution is 0.861. The van der Waals surface area contributed by atoms with Crippen molar-refractivity contribution in [1.82, 2.24) is 9.55 Å². The molecule has 0 amide bonds. The Bertz CT molecular complexity index is 787. The molecule has 0 radical (unpaired) electrons. The number of hydrogen-bond donors (Lipinski definition) is 0. The average molecular weight is 299 g/mol. The van der Waals surface area contributed by atoms with Gasteiger partial charge in [0.15, 0.2) is 0 Å². The van der Waals surface area contributed by atoms with E-state index in [4.69, 9.17) is 16.6 Å². The lowest BCUT2D eigenvalue weighted by atomic mass is 10.0. The number of benzene rings is 2. The van der Waals surface area contributed by atoms with Crippen molar-refractivity contribution in [2.75, 3.05) is 0 Å². The minimum absolute atomic E-state index is 0.403. The highest BCUT2D eigenvalue weighted by Crippen LogP contribution is 2.26. The lowest BCUT2D eigenvalue weighted by Gasteiger charge is -2.11. The molecule has 1 aromatic heterocycles. The number of nitrogens with zero attached hydrogens (tertiary/aromatic N) is 2. The highest BCUT2D eigenvalue weighted by Gasteiger charge is 2.13. The summed E-state index contributed by atoms with van der Waals surface area (Å²) in [6, 6.07) is 14.9. The molecule has 0 unspecified atom stereocenters. The molecule has 0 saturated heterocycles. The molecule has 2 nitrogen and oxygen atoms in total. The number of halogens is 1. The van der Waals surface area contributed by atoms with Gasteiger partial charge in [0.2, 0.25) is 0 Å². The van der Waals surface area contributed by atoms with E-state index in [9.17, 15) is 0 Å². The third kappa shape index (κ3) is 2.44. The minimum Gasteiger partial charge on any atom is -0.295 e. The summed E-state index contributed by atoms with van der Waals surface area (Å²) in [5, 5.41) is 0. The maximum absolute atomic E-state index is 6.12. The van der Waals surface area contributed by atoms with E-state index in [0.717, 1.165) is 22.5 Å². The van der Waals surface area contributed by atoms with Crippen LogP contribution in [0.3, 0.4) is 0 Å². The molecule has 0 bridgehead atoms. The van der Waals surface area contributed by atoms with Gasteiger partial charge in [0, 0.05) is 5.69 Å². The van der Waals surface area contributed by atoms with Crippen LogP contribution in [-0.2, 0) is 5.88 Å². The fourth-order valence-corrected chi connectivity index (χ4v) is 2.87. The molecule has 0 spiro atoms. The highest BCUT2D eigenvalue weighted by molar-refractivity contribution is 6.17. The van der Waals surface area contributed by atoms with Gasteiger partial charge in [-0.05, 0) is 42.2 Å². The maximum atomic E-state index is 6.12. The molecule has 0 aliphatic carbocycles. The summed E-state index contributed by atoms with van der Waals surface area (Å²) in [4.78, 5) is 4.71. The van der Waals surface area contributed by atoms with Crippen molar-refractivity contribution in [3.05, 3.63) is 59.4 Å². The summed E-state index contributed by atoms with van der Waals surface area (Å²) < 4.78 is 2.17. The van der Waals surface area contributed by atoms with Crippen molar-refractivity contribution >= 4 is 22.6 Å². The Morgan fingerprint density at radius 1 is 1.14 bits per heavy atom. The van der Waals surface area contributed by atoms with Crippen LogP contribution >= 0.6 is 11.6 Å². The van der Waals surface area contributed by atoms with Crippen LogP contribution in [0.15, 0.2) is 42.5 Å². The normalized spacial score (nSPS) is 11.5. The minimum atomic E-state index is 0.403. The van der Waals surface area contributed by atoms with Crippen LogP contribution in [0.1, 0.15) is 36.7 Å². The third-order valence-electron chi connectivity index (χ3n) is 3.87. The molecule has 0 N–H and O–H groups in total. The maximum Gasteiger partial charge on any atom is 0.129 e. The van der Waals surface area contributed by atoms with Crippen LogP contribution in [0.25, 0.3) is 16.7 Å². The molecule has 3 aromatic rings. The van der Waals surface area contributed by atoms with Crippen LogP contribution in [0, 0.1) is 6.92 Å². The van der Waals surface area contributed by atoms with E-state index in [1.54, 1.807) is 0 Å². The number of aryl methyl sites for hydroxylation is 1. The average Bonchev–Trinajstić information content (AvgIpc) is 2.87. The van der Waals surface area contributed by atoms with Gasteiger partial charge < -0.3 is 0 Å². The molecular weight excluding hydrogens is 280 g/mol. The Hall–Kier alpha value is -1.80. The zero-order valence-corrected chi connectivity index (χ0v) is 13.4. The van der Waals surface area contributed by atoms with E-state index in [1.807, 2.05) is 0 Å². The second-order valence-electron chi connectivity index (χ2n) is 5.69. The van der Waals surface area contributed by atoms with E-state index in [2.05, 4.69) is 67.8 Å². The van der Waals surface area contributed by atoms with Gasteiger partial charge in [0.25, 0.3) is 0 Å². The van der Waals surface area contributed by atoms with Crippen molar-refractivity contribution in [3.8, 4) is 5.69 Å².